The zero-order chi connectivity index (χ0) is 13.1. The van der Waals surface area contributed by atoms with Gasteiger partial charge in [0.2, 0.25) is 0 Å². The number of phenolic OH excluding ortho intramolecular Hbond substituents is 2. The van der Waals surface area contributed by atoms with Gasteiger partial charge in [-0.1, -0.05) is 28.1 Å². The van der Waals surface area contributed by atoms with Crippen LogP contribution in [-0.4, -0.2) is 10.2 Å². The molecule has 0 bridgehead atoms. The summed E-state index contributed by atoms with van der Waals surface area (Å²) in [6.45, 7) is 2.47. The summed E-state index contributed by atoms with van der Waals surface area (Å²) in [6.07, 6.45) is 0. The molecule has 94 valence electrons. The summed E-state index contributed by atoms with van der Waals surface area (Å²) in [5.41, 5.74) is 2.77. The smallest absolute Gasteiger partial charge is 0.162 e. The number of halogens is 1. The predicted octanol–water partition coefficient (Wildman–Crippen LogP) is 3.78. The fourth-order valence-electron chi connectivity index (χ4n) is 1.76. The number of aryl methyl sites for hydroxylation is 1. The number of nitrogens with one attached hydrogen (secondary N) is 1. The van der Waals surface area contributed by atoms with Gasteiger partial charge < -0.3 is 15.5 Å². The minimum absolute atomic E-state index is 0.0725. The van der Waals surface area contributed by atoms with E-state index in [4.69, 9.17) is 0 Å². The fourth-order valence-corrected chi connectivity index (χ4v) is 2.36. The second kappa shape index (κ2) is 5.31. The van der Waals surface area contributed by atoms with Crippen molar-refractivity contribution in [2.75, 3.05) is 5.32 Å². The van der Waals surface area contributed by atoms with Crippen LogP contribution in [0.4, 0.5) is 5.69 Å². The largest absolute Gasteiger partial charge is 0.504 e. The summed E-state index contributed by atoms with van der Waals surface area (Å²) in [4.78, 5) is 0. The van der Waals surface area contributed by atoms with Crippen molar-refractivity contribution in [2.24, 2.45) is 0 Å². The highest BCUT2D eigenvalue weighted by molar-refractivity contribution is 9.10. The monoisotopic (exact) mass is 307 g/mol. The van der Waals surface area contributed by atoms with E-state index >= 15 is 0 Å². The Bertz CT molecular complexity index is 549. The lowest BCUT2D eigenvalue weighted by molar-refractivity contribution is 0.400. The lowest BCUT2D eigenvalue weighted by Crippen LogP contribution is -2.00. The van der Waals surface area contributed by atoms with Crippen molar-refractivity contribution in [3.05, 3.63) is 52.0 Å². The van der Waals surface area contributed by atoms with Crippen LogP contribution in [0.1, 0.15) is 11.1 Å². The van der Waals surface area contributed by atoms with Crippen molar-refractivity contribution >= 4 is 21.6 Å². The van der Waals surface area contributed by atoms with Gasteiger partial charge in [-0.15, -0.1) is 0 Å². The Kier molecular flexibility index (Phi) is 3.77. The molecular weight excluding hydrogens is 294 g/mol. The van der Waals surface area contributed by atoms with E-state index in [0.717, 1.165) is 15.7 Å². The average molecular weight is 308 g/mol. The summed E-state index contributed by atoms with van der Waals surface area (Å²) >= 11 is 3.44. The summed E-state index contributed by atoms with van der Waals surface area (Å²) in [5.74, 6) is -0.170. The molecule has 3 N–H and O–H groups in total. The third-order valence-electron chi connectivity index (χ3n) is 2.62. The van der Waals surface area contributed by atoms with Crippen LogP contribution in [0.25, 0.3) is 0 Å². The molecule has 0 aliphatic heterocycles. The van der Waals surface area contributed by atoms with Crippen molar-refractivity contribution in [1.82, 2.24) is 0 Å². The minimum atomic E-state index is -0.0975. The van der Waals surface area contributed by atoms with E-state index in [1.54, 1.807) is 12.1 Å². The minimum Gasteiger partial charge on any atom is -0.504 e. The molecule has 2 rings (SSSR count). The normalized spacial score (nSPS) is 10.3. The molecule has 0 aliphatic carbocycles. The molecule has 0 amide bonds. The molecule has 3 nitrogen and oxygen atoms in total. The SMILES string of the molecule is Cc1cc(Br)cc(NCc2cccc(O)c2O)c1. The number of anilines is 1. The summed E-state index contributed by atoms with van der Waals surface area (Å²) < 4.78 is 1.00. The summed E-state index contributed by atoms with van der Waals surface area (Å²) in [6, 6.07) is 10.9. The van der Waals surface area contributed by atoms with Gasteiger partial charge in [-0.05, 0) is 36.8 Å². The first-order valence-corrected chi connectivity index (χ1v) is 6.36. The van der Waals surface area contributed by atoms with Gasteiger partial charge in [0.15, 0.2) is 11.5 Å². The molecule has 0 aliphatic rings. The average Bonchev–Trinajstić information content (AvgIpc) is 2.30. The Morgan fingerprint density at radius 1 is 1.17 bits per heavy atom. The van der Waals surface area contributed by atoms with E-state index in [1.165, 1.54) is 6.07 Å². The van der Waals surface area contributed by atoms with Gasteiger partial charge in [0.25, 0.3) is 0 Å². The second-order valence-corrected chi connectivity index (χ2v) is 5.07. The van der Waals surface area contributed by atoms with E-state index < -0.39 is 0 Å². The maximum Gasteiger partial charge on any atom is 0.162 e. The topological polar surface area (TPSA) is 52.5 Å². The van der Waals surface area contributed by atoms with Gasteiger partial charge in [0, 0.05) is 22.3 Å². The van der Waals surface area contributed by atoms with Crippen LogP contribution >= 0.6 is 15.9 Å². The van der Waals surface area contributed by atoms with Gasteiger partial charge in [-0.3, -0.25) is 0 Å². The zero-order valence-electron chi connectivity index (χ0n) is 9.94. The Morgan fingerprint density at radius 3 is 2.67 bits per heavy atom. The van der Waals surface area contributed by atoms with E-state index in [1.807, 2.05) is 25.1 Å². The van der Waals surface area contributed by atoms with Crippen LogP contribution in [0.15, 0.2) is 40.9 Å². The molecule has 0 fully saturated rings. The summed E-state index contributed by atoms with van der Waals surface area (Å²) in [5, 5.41) is 22.3. The third kappa shape index (κ3) is 2.96. The number of rotatable bonds is 3. The fraction of sp³-hybridized carbons (Fsp3) is 0.143. The van der Waals surface area contributed by atoms with Gasteiger partial charge in [0.1, 0.15) is 0 Å². The summed E-state index contributed by atoms with van der Waals surface area (Å²) in [7, 11) is 0. The zero-order valence-corrected chi connectivity index (χ0v) is 11.5. The van der Waals surface area contributed by atoms with Gasteiger partial charge in [0.05, 0.1) is 0 Å². The van der Waals surface area contributed by atoms with Gasteiger partial charge in [-0.2, -0.15) is 0 Å². The molecule has 0 atom stereocenters. The maximum atomic E-state index is 9.69. The van der Waals surface area contributed by atoms with Crippen LogP contribution in [0.3, 0.4) is 0 Å². The Labute approximate surface area is 114 Å². The molecule has 0 saturated carbocycles. The Balaban J connectivity index is 2.14. The first-order valence-electron chi connectivity index (χ1n) is 5.57. The quantitative estimate of drug-likeness (QED) is 0.756. The lowest BCUT2D eigenvalue weighted by atomic mass is 10.1. The van der Waals surface area contributed by atoms with Crippen molar-refractivity contribution in [2.45, 2.75) is 13.5 Å². The lowest BCUT2D eigenvalue weighted by Gasteiger charge is -2.10. The first kappa shape index (κ1) is 12.8. The van der Waals surface area contributed by atoms with Crippen molar-refractivity contribution < 1.29 is 10.2 Å². The van der Waals surface area contributed by atoms with Crippen molar-refractivity contribution in [3.63, 3.8) is 0 Å². The number of benzene rings is 2. The van der Waals surface area contributed by atoms with Crippen LogP contribution in [0.5, 0.6) is 11.5 Å². The van der Waals surface area contributed by atoms with Crippen LogP contribution in [-0.2, 0) is 6.54 Å². The highest BCUT2D eigenvalue weighted by Gasteiger charge is 2.05. The molecule has 2 aromatic carbocycles. The van der Waals surface area contributed by atoms with Crippen molar-refractivity contribution in [1.29, 1.82) is 0 Å². The number of hydrogen-bond donors (Lipinski definition) is 3. The molecule has 0 saturated heterocycles. The molecule has 0 unspecified atom stereocenters. The van der Waals surface area contributed by atoms with Crippen LogP contribution in [0.2, 0.25) is 0 Å². The van der Waals surface area contributed by atoms with Gasteiger partial charge >= 0.3 is 0 Å². The van der Waals surface area contributed by atoms with E-state index in [9.17, 15) is 10.2 Å². The van der Waals surface area contributed by atoms with Crippen molar-refractivity contribution in [3.8, 4) is 11.5 Å². The first-order chi connectivity index (χ1) is 8.56. The number of phenols is 2. The third-order valence-corrected chi connectivity index (χ3v) is 3.08. The number of aromatic hydroxyl groups is 2. The van der Waals surface area contributed by atoms with Crippen LogP contribution in [0, 0.1) is 6.92 Å². The Hall–Kier alpha value is -1.68. The molecule has 2 aromatic rings. The van der Waals surface area contributed by atoms with E-state index in [2.05, 4.69) is 21.2 Å². The highest BCUT2D eigenvalue weighted by Crippen LogP contribution is 2.29. The molecule has 18 heavy (non-hydrogen) atoms. The highest BCUT2D eigenvalue weighted by atomic mass is 79.9. The standard InChI is InChI=1S/C14H14BrNO2/c1-9-5-11(15)7-12(6-9)16-8-10-3-2-4-13(17)14(10)18/h2-7,16-18H,8H2,1H3. The molecule has 0 aromatic heterocycles. The second-order valence-electron chi connectivity index (χ2n) is 4.16. The molecule has 0 spiro atoms. The van der Waals surface area contributed by atoms with E-state index in [0.29, 0.717) is 12.1 Å². The maximum absolute atomic E-state index is 9.69. The molecule has 0 radical (unpaired) electrons. The Morgan fingerprint density at radius 2 is 1.94 bits per heavy atom. The van der Waals surface area contributed by atoms with E-state index in [-0.39, 0.29) is 11.5 Å². The molecule has 4 heteroatoms. The predicted molar refractivity (Wildman–Crippen MR) is 76.0 cm³/mol. The van der Waals surface area contributed by atoms with Crippen LogP contribution < -0.4 is 5.32 Å². The number of para-hydroxylation sites is 1. The molecule has 0 heterocycles. The molecular formula is C14H14BrNO2. The number of hydrogen-bond acceptors (Lipinski definition) is 3. The van der Waals surface area contributed by atoms with Gasteiger partial charge in [-0.25, -0.2) is 0 Å².